The van der Waals surface area contributed by atoms with E-state index in [4.69, 9.17) is 11.6 Å². The van der Waals surface area contributed by atoms with E-state index in [1.54, 1.807) is 4.90 Å². The Bertz CT molecular complexity index is 1070. The first-order valence-electron chi connectivity index (χ1n) is 12.1. The average molecular weight is 491 g/mol. The Morgan fingerprint density at radius 3 is 1.86 bits per heavy atom. The third kappa shape index (κ3) is 7.43. The molecule has 0 aliphatic carbocycles. The van der Waals surface area contributed by atoms with Gasteiger partial charge in [0.05, 0.1) is 0 Å². The molecule has 0 unspecified atom stereocenters. The molecule has 0 fully saturated rings. The quantitative estimate of drug-likeness (QED) is 0.368. The zero-order valence-corrected chi connectivity index (χ0v) is 21.8. The van der Waals surface area contributed by atoms with Gasteiger partial charge in [0.25, 0.3) is 0 Å². The SMILES string of the molecule is CC[C@@H](C(=O)NC(C)(C)C)N(Cc1ccccc1Cl)C(=O)CC(c1ccccc1)c1ccccc1. The van der Waals surface area contributed by atoms with Crippen molar-refractivity contribution in [2.75, 3.05) is 0 Å². The minimum absolute atomic E-state index is 0.0847. The lowest BCUT2D eigenvalue weighted by atomic mass is 9.88. The fourth-order valence-corrected chi connectivity index (χ4v) is 4.47. The number of hydrogen-bond acceptors (Lipinski definition) is 2. The third-order valence-electron chi connectivity index (χ3n) is 5.97. The van der Waals surface area contributed by atoms with Crippen molar-refractivity contribution in [3.05, 3.63) is 107 Å². The van der Waals surface area contributed by atoms with E-state index in [2.05, 4.69) is 5.32 Å². The van der Waals surface area contributed by atoms with E-state index in [9.17, 15) is 9.59 Å². The maximum atomic E-state index is 14.0. The van der Waals surface area contributed by atoms with Crippen molar-refractivity contribution in [1.82, 2.24) is 10.2 Å². The summed E-state index contributed by atoms with van der Waals surface area (Å²) < 4.78 is 0. The Labute approximate surface area is 214 Å². The largest absolute Gasteiger partial charge is 0.350 e. The topological polar surface area (TPSA) is 49.4 Å². The summed E-state index contributed by atoms with van der Waals surface area (Å²) >= 11 is 6.47. The van der Waals surface area contributed by atoms with E-state index in [1.165, 1.54) is 0 Å². The summed E-state index contributed by atoms with van der Waals surface area (Å²) in [5, 5.41) is 3.64. The van der Waals surface area contributed by atoms with E-state index in [-0.39, 0.29) is 30.7 Å². The van der Waals surface area contributed by atoms with Crippen LogP contribution in [0.1, 0.15) is 63.1 Å². The summed E-state index contributed by atoms with van der Waals surface area (Å²) in [5.41, 5.74) is 2.55. The van der Waals surface area contributed by atoms with Crippen molar-refractivity contribution in [2.45, 2.75) is 64.6 Å². The molecule has 0 bridgehead atoms. The molecule has 0 heterocycles. The van der Waals surface area contributed by atoms with Crippen LogP contribution in [0.4, 0.5) is 0 Å². The summed E-state index contributed by atoms with van der Waals surface area (Å²) in [6, 6.07) is 27.0. The molecule has 3 rings (SSSR count). The first kappa shape index (κ1) is 26.5. The summed E-state index contributed by atoms with van der Waals surface area (Å²) in [5.74, 6) is -0.364. The van der Waals surface area contributed by atoms with Gasteiger partial charge in [-0.1, -0.05) is 97.4 Å². The number of halogens is 1. The summed E-state index contributed by atoms with van der Waals surface area (Å²) in [6.07, 6.45) is 0.747. The van der Waals surface area contributed by atoms with Crippen LogP contribution >= 0.6 is 11.6 Å². The molecule has 2 amide bonds. The van der Waals surface area contributed by atoms with Crippen LogP contribution in [0.15, 0.2) is 84.9 Å². The van der Waals surface area contributed by atoms with Crippen LogP contribution in [0.3, 0.4) is 0 Å². The number of carbonyl (C=O) groups is 2. The molecule has 0 aliphatic heterocycles. The van der Waals surface area contributed by atoms with Gasteiger partial charge in [-0.15, -0.1) is 0 Å². The number of carbonyl (C=O) groups excluding carboxylic acids is 2. The molecule has 184 valence electrons. The molecule has 0 saturated heterocycles. The Morgan fingerprint density at radius 2 is 1.37 bits per heavy atom. The molecule has 4 nitrogen and oxygen atoms in total. The van der Waals surface area contributed by atoms with Gasteiger partial charge in [-0.05, 0) is 49.9 Å². The van der Waals surface area contributed by atoms with Crippen LogP contribution in [-0.2, 0) is 16.1 Å². The van der Waals surface area contributed by atoms with Crippen LogP contribution in [0.2, 0.25) is 5.02 Å². The maximum Gasteiger partial charge on any atom is 0.243 e. The molecule has 35 heavy (non-hydrogen) atoms. The molecule has 0 radical (unpaired) electrons. The molecular formula is C30H35ClN2O2. The predicted molar refractivity (Wildman–Crippen MR) is 143 cm³/mol. The first-order chi connectivity index (χ1) is 16.7. The second-order valence-corrected chi connectivity index (χ2v) is 10.3. The van der Waals surface area contributed by atoms with Crippen LogP contribution in [0.25, 0.3) is 0 Å². The minimum Gasteiger partial charge on any atom is -0.350 e. The second kappa shape index (κ2) is 12.0. The standard InChI is InChI=1S/C30H35ClN2O2/c1-5-27(29(35)32-30(2,3)4)33(21-24-18-12-13-19-26(24)31)28(34)20-25(22-14-8-6-9-15-22)23-16-10-7-11-17-23/h6-19,25,27H,5,20-21H2,1-4H3,(H,32,35)/t27-/m0/s1. The highest BCUT2D eigenvalue weighted by Gasteiger charge is 2.32. The Balaban J connectivity index is 1.98. The number of amides is 2. The van der Waals surface area contributed by atoms with Crippen molar-refractivity contribution in [3.8, 4) is 0 Å². The number of benzene rings is 3. The highest BCUT2D eigenvalue weighted by Crippen LogP contribution is 2.30. The van der Waals surface area contributed by atoms with E-state index in [0.29, 0.717) is 11.4 Å². The van der Waals surface area contributed by atoms with Crippen molar-refractivity contribution < 1.29 is 9.59 Å². The van der Waals surface area contributed by atoms with E-state index < -0.39 is 11.6 Å². The van der Waals surface area contributed by atoms with Gasteiger partial charge in [-0.2, -0.15) is 0 Å². The smallest absolute Gasteiger partial charge is 0.243 e. The normalized spacial score (nSPS) is 12.3. The van der Waals surface area contributed by atoms with E-state index in [1.807, 2.05) is 113 Å². The van der Waals surface area contributed by atoms with Crippen LogP contribution in [-0.4, -0.2) is 28.3 Å². The summed E-state index contributed by atoms with van der Waals surface area (Å²) in [7, 11) is 0. The Hall–Kier alpha value is -3.11. The van der Waals surface area contributed by atoms with Crippen LogP contribution in [0, 0.1) is 0 Å². The summed E-state index contributed by atoms with van der Waals surface area (Å²) in [6.45, 7) is 8.03. The fraction of sp³-hybridized carbons (Fsp3) is 0.333. The Kier molecular flexibility index (Phi) is 9.11. The van der Waals surface area contributed by atoms with Gasteiger partial charge >= 0.3 is 0 Å². The van der Waals surface area contributed by atoms with Gasteiger partial charge in [-0.3, -0.25) is 9.59 Å². The van der Waals surface area contributed by atoms with Gasteiger partial charge in [-0.25, -0.2) is 0 Å². The highest BCUT2D eigenvalue weighted by atomic mass is 35.5. The zero-order chi connectivity index (χ0) is 25.4. The van der Waals surface area contributed by atoms with E-state index in [0.717, 1.165) is 16.7 Å². The zero-order valence-electron chi connectivity index (χ0n) is 21.0. The van der Waals surface area contributed by atoms with Gasteiger partial charge in [0.2, 0.25) is 11.8 Å². The number of nitrogens with one attached hydrogen (secondary N) is 1. The van der Waals surface area contributed by atoms with E-state index >= 15 is 0 Å². The van der Waals surface area contributed by atoms with Gasteiger partial charge in [0.1, 0.15) is 6.04 Å². The monoisotopic (exact) mass is 490 g/mol. The molecule has 5 heteroatoms. The molecule has 0 aliphatic rings. The average Bonchev–Trinajstić information content (AvgIpc) is 2.83. The molecule has 0 spiro atoms. The number of rotatable bonds is 9. The number of nitrogens with zero attached hydrogens (tertiary/aromatic N) is 1. The van der Waals surface area contributed by atoms with Crippen molar-refractivity contribution in [3.63, 3.8) is 0 Å². The third-order valence-corrected chi connectivity index (χ3v) is 6.33. The predicted octanol–water partition coefficient (Wildman–Crippen LogP) is 6.58. The highest BCUT2D eigenvalue weighted by molar-refractivity contribution is 6.31. The van der Waals surface area contributed by atoms with Crippen LogP contribution < -0.4 is 5.32 Å². The fourth-order valence-electron chi connectivity index (χ4n) is 4.27. The maximum absolute atomic E-state index is 14.0. The van der Waals surface area contributed by atoms with Crippen LogP contribution in [0.5, 0.6) is 0 Å². The lowest BCUT2D eigenvalue weighted by molar-refractivity contribution is -0.142. The van der Waals surface area contributed by atoms with Gasteiger partial charge in [0.15, 0.2) is 0 Å². The van der Waals surface area contributed by atoms with Gasteiger partial charge < -0.3 is 10.2 Å². The lowest BCUT2D eigenvalue weighted by Crippen LogP contribution is -2.53. The number of hydrogen-bond donors (Lipinski definition) is 1. The first-order valence-corrected chi connectivity index (χ1v) is 12.5. The second-order valence-electron chi connectivity index (χ2n) is 9.85. The molecule has 3 aromatic carbocycles. The molecule has 0 saturated carbocycles. The molecule has 1 N–H and O–H groups in total. The molecule has 0 aromatic heterocycles. The van der Waals surface area contributed by atoms with Gasteiger partial charge in [0, 0.05) is 29.4 Å². The summed E-state index contributed by atoms with van der Waals surface area (Å²) in [4.78, 5) is 29.0. The van der Waals surface area contributed by atoms with Crippen molar-refractivity contribution >= 4 is 23.4 Å². The minimum atomic E-state index is -0.606. The molecule has 3 aromatic rings. The van der Waals surface area contributed by atoms with Crippen molar-refractivity contribution in [1.29, 1.82) is 0 Å². The molecular weight excluding hydrogens is 456 g/mol. The van der Waals surface area contributed by atoms with Crippen molar-refractivity contribution in [2.24, 2.45) is 0 Å². The Morgan fingerprint density at radius 1 is 0.857 bits per heavy atom. The lowest BCUT2D eigenvalue weighted by Gasteiger charge is -2.34. The molecule has 1 atom stereocenters.